The highest BCUT2D eigenvalue weighted by molar-refractivity contribution is 6.30. The minimum Gasteiger partial charge on any atom is -0.450 e. The maximum Gasteiger partial charge on any atom is 0.291 e. The van der Waals surface area contributed by atoms with Crippen molar-refractivity contribution in [1.82, 2.24) is 4.90 Å². The molecule has 0 saturated heterocycles. The van der Waals surface area contributed by atoms with Crippen LogP contribution < -0.4 is 5.43 Å². The van der Waals surface area contributed by atoms with Gasteiger partial charge in [0.25, 0.3) is 5.91 Å². The van der Waals surface area contributed by atoms with Crippen LogP contribution in [-0.2, 0) is 6.54 Å². The van der Waals surface area contributed by atoms with Gasteiger partial charge < -0.3 is 9.32 Å². The molecule has 1 aliphatic heterocycles. The summed E-state index contributed by atoms with van der Waals surface area (Å²) >= 11 is 6.06. The Labute approximate surface area is 172 Å². The number of halogens is 1. The molecule has 4 aromatic rings. The normalized spacial score (nSPS) is 15.7. The monoisotopic (exact) mass is 401 g/mol. The molecule has 1 atom stereocenters. The molecule has 1 aromatic heterocycles. The summed E-state index contributed by atoms with van der Waals surface area (Å²) in [5.41, 5.74) is 2.42. The lowest BCUT2D eigenvalue weighted by atomic mass is 9.98. The zero-order chi connectivity index (χ0) is 20.0. The van der Waals surface area contributed by atoms with Gasteiger partial charge in [0, 0.05) is 11.6 Å². The molecule has 142 valence electrons. The van der Waals surface area contributed by atoms with E-state index < -0.39 is 6.04 Å². The van der Waals surface area contributed by atoms with Gasteiger partial charge in [0.15, 0.2) is 5.43 Å². The summed E-state index contributed by atoms with van der Waals surface area (Å²) in [6.07, 6.45) is 0. The lowest BCUT2D eigenvalue weighted by molar-refractivity contribution is 0.0714. The standard InChI is InChI=1S/C24H16ClNO3/c25-17-12-10-16(11-13-17)21-20-22(27)18-8-4-5-9-19(18)29-23(20)24(28)26(21)14-15-6-2-1-3-7-15/h1-13,21H,14H2/t21-/m0/s1. The van der Waals surface area contributed by atoms with E-state index in [0.717, 1.165) is 11.1 Å². The molecule has 0 N–H and O–H groups in total. The topological polar surface area (TPSA) is 50.5 Å². The number of fused-ring (bicyclic) bond motifs is 2. The minimum atomic E-state index is -0.532. The fourth-order valence-electron chi connectivity index (χ4n) is 3.90. The number of para-hydroxylation sites is 1. The molecule has 0 spiro atoms. The number of rotatable bonds is 3. The molecule has 0 bridgehead atoms. The molecule has 0 radical (unpaired) electrons. The summed E-state index contributed by atoms with van der Waals surface area (Å²) in [6, 6.07) is 23.4. The number of benzene rings is 3. The summed E-state index contributed by atoms with van der Waals surface area (Å²) < 4.78 is 5.92. The second-order valence-electron chi connectivity index (χ2n) is 7.04. The number of amides is 1. The maximum absolute atomic E-state index is 13.3. The van der Waals surface area contributed by atoms with E-state index >= 15 is 0 Å². The molecule has 2 heterocycles. The molecule has 0 unspecified atom stereocenters. The van der Waals surface area contributed by atoms with E-state index in [1.165, 1.54) is 0 Å². The molecule has 3 aromatic carbocycles. The van der Waals surface area contributed by atoms with E-state index in [1.807, 2.05) is 42.5 Å². The molecule has 1 amide bonds. The lowest BCUT2D eigenvalue weighted by Crippen LogP contribution is -2.29. The highest BCUT2D eigenvalue weighted by Crippen LogP contribution is 2.39. The molecule has 0 aliphatic carbocycles. The first-order valence-corrected chi connectivity index (χ1v) is 9.67. The third kappa shape index (κ3) is 2.93. The van der Waals surface area contributed by atoms with Crippen LogP contribution in [0, 0.1) is 0 Å². The van der Waals surface area contributed by atoms with Crippen molar-refractivity contribution in [2.24, 2.45) is 0 Å². The smallest absolute Gasteiger partial charge is 0.291 e. The first kappa shape index (κ1) is 17.7. The van der Waals surface area contributed by atoms with Crippen LogP contribution in [0.4, 0.5) is 0 Å². The average molecular weight is 402 g/mol. The van der Waals surface area contributed by atoms with Gasteiger partial charge in [-0.25, -0.2) is 0 Å². The van der Waals surface area contributed by atoms with Gasteiger partial charge in [0.05, 0.1) is 17.0 Å². The maximum atomic E-state index is 13.3. The second kappa shape index (κ2) is 6.90. The summed E-state index contributed by atoms with van der Waals surface area (Å²) in [6.45, 7) is 0.368. The van der Waals surface area contributed by atoms with E-state index in [2.05, 4.69) is 0 Å². The lowest BCUT2D eigenvalue weighted by Gasteiger charge is -2.25. The van der Waals surface area contributed by atoms with Crippen LogP contribution in [-0.4, -0.2) is 10.8 Å². The van der Waals surface area contributed by atoms with Gasteiger partial charge in [0.1, 0.15) is 5.58 Å². The number of hydrogen-bond donors (Lipinski definition) is 0. The number of nitrogens with zero attached hydrogens (tertiary/aromatic N) is 1. The fraction of sp³-hybridized carbons (Fsp3) is 0.0833. The molecule has 0 fully saturated rings. The number of carbonyl (C=O) groups excluding carboxylic acids is 1. The Kier molecular flexibility index (Phi) is 4.22. The van der Waals surface area contributed by atoms with E-state index in [9.17, 15) is 9.59 Å². The third-order valence-corrected chi connectivity index (χ3v) is 5.51. The molecular weight excluding hydrogens is 386 g/mol. The van der Waals surface area contributed by atoms with Gasteiger partial charge in [0.2, 0.25) is 5.76 Å². The quantitative estimate of drug-likeness (QED) is 0.474. The van der Waals surface area contributed by atoms with Gasteiger partial charge in [-0.2, -0.15) is 0 Å². The summed E-state index contributed by atoms with van der Waals surface area (Å²) in [5.74, 6) is -0.170. The zero-order valence-corrected chi connectivity index (χ0v) is 16.1. The Morgan fingerprint density at radius 3 is 2.31 bits per heavy atom. The highest BCUT2D eigenvalue weighted by Gasteiger charge is 2.42. The Bertz CT molecular complexity index is 1280. The van der Waals surface area contributed by atoms with Crippen LogP contribution >= 0.6 is 11.6 Å². The van der Waals surface area contributed by atoms with Gasteiger partial charge >= 0.3 is 0 Å². The van der Waals surface area contributed by atoms with E-state index in [1.54, 1.807) is 41.3 Å². The fourth-order valence-corrected chi connectivity index (χ4v) is 4.03. The Morgan fingerprint density at radius 1 is 0.862 bits per heavy atom. The highest BCUT2D eigenvalue weighted by atomic mass is 35.5. The van der Waals surface area contributed by atoms with Crippen LogP contribution in [0.5, 0.6) is 0 Å². The second-order valence-corrected chi connectivity index (χ2v) is 7.48. The van der Waals surface area contributed by atoms with E-state index in [-0.39, 0.29) is 17.1 Å². The predicted octanol–water partition coefficient (Wildman–Crippen LogP) is 5.19. The van der Waals surface area contributed by atoms with Crippen molar-refractivity contribution in [3.8, 4) is 0 Å². The van der Waals surface area contributed by atoms with Crippen LogP contribution in [0.15, 0.2) is 88.1 Å². The van der Waals surface area contributed by atoms with Crippen molar-refractivity contribution in [3.63, 3.8) is 0 Å². The van der Waals surface area contributed by atoms with Crippen molar-refractivity contribution in [2.45, 2.75) is 12.6 Å². The van der Waals surface area contributed by atoms with Crippen LogP contribution in [0.2, 0.25) is 5.02 Å². The molecule has 1 aliphatic rings. The Balaban J connectivity index is 1.73. The SMILES string of the molecule is O=C1c2oc3ccccc3c(=O)c2[C@H](c2ccc(Cl)cc2)N1Cc1ccccc1. The van der Waals surface area contributed by atoms with Gasteiger partial charge in [-0.15, -0.1) is 0 Å². The number of carbonyl (C=O) groups is 1. The van der Waals surface area contributed by atoms with Gasteiger partial charge in [-0.3, -0.25) is 9.59 Å². The molecular formula is C24H16ClNO3. The number of hydrogen-bond acceptors (Lipinski definition) is 3. The first-order valence-electron chi connectivity index (χ1n) is 9.29. The molecule has 0 saturated carbocycles. The average Bonchev–Trinajstić information content (AvgIpc) is 3.02. The van der Waals surface area contributed by atoms with E-state index in [4.69, 9.17) is 16.0 Å². The first-order chi connectivity index (χ1) is 14.1. The molecule has 5 rings (SSSR count). The van der Waals surface area contributed by atoms with Crippen LogP contribution in [0.3, 0.4) is 0 Å². The summed E-state index contributed by atoms with van der Waals surface area (Å²) in [4.78, 5) is 28.4. The summed E-state index contributed by atoms with van der Waals surface area (Å²) in [7, 11) is 0. The Morgan fingerprint density at radius 2 is 1.55 bits per heavy atom. The van der Waals surface area contributed by atoms with Crippen molar-refractivity contribution >= 4 is 28.5 Å². The molecule has 29 heavy (non-hydrogen) atoms. The van der Waals surface area contributed by atoms with Gasteiger partial charge in [-0.05, 0) is 35.4 Å². The zero-order valence-electron chi connectivity index (χ0n) is 15.3. The van der Waals surface area contributed by atoms with Crippen molar-refractivity contribution in [2.75, 3.05) is 0 Å². The van der Waals surface area contributed by atoms with E-state index in [0.29, 0.717) is 28.1 Å². The van der Waals surface area contributed by atoms with Crippen LogP contribution in [0.1, 0.15) is 33.3 Å². The predicted molar refractivity (Wildman–Crippen MR) is 112 cm³/mol. The Hall–Kier alpha value is -3.37. The van der Waals surface area contributed by atoms with Crippen LogP contribution in [0.25, 0.3) is 11.0 Å². The molecule has 4 nitrogen and oxygen atoms in total. The largest absolute Gasteiger partial charge is 0.450 e. The summed E-state index contributed by atoms with van der Waals surface area (Å²) in [5, 5.41) is 1.07. The van der Waals surface area contributed by atoms with Gasteiger partial charge in [-0.1, -0.05) is 66.2 Å². The van der Waals surface area contributed by atoms with Crippen molar-refractivity contribution in [1.29, 1.82) is 0 Å². The van der Waals surface area contributed by atoms with Crippen molar-refractivity contribution in [3.05, 3.63) is 117 Å². The minimum absolute atomic E-state index is 0.115. The molecule has 5 heteroatoms. The third-order valence-electron chi connectivity index (χ3n) is 5.25. The van der Waals surface area contributed by atoms with Crippen molar-refractivity contribution < 1.29 is 9.21 Å².